The van der Waals surface area contributed by atoms with E-state index >= 15 is 0 Å². The minimum absolute atomic E-state index is 0.125. The number of hydrogen-bond donors (Lipinski definition) is 0. The zero-order valence-corrected chi connectivity index (χ0v) is 13.2. The van der Waals surface area contributed by atoms with Crippen LogP contribution in [-0.4, -0.2) is 56.6 Å². The fraction of sp³-hybridized carbons (Fsp3) is 0.467. The van der Waals surface area contributed by atoms with Crippen molar-refractivity contribution >= 4 is 11.9 Å². The molecule has 9 nitrogen and oxygen atoms in total. The Morgan fingerprint density at radius 1 is 1.42 bits per heavy atom. The normalized spacial score (nSPS) is 17.5. The molecule has 24 heavy (non-hydrogen) atoms. The van der Waals surface area contributed by atoms with Gasteiger partial charge in [-0.3, -0.25) is 14.6 Å². The van der Waals surface area contributed by atoms with E-state index in [1.807, 2.05) is 0 Å². The zero-order valence-electron chi connectivity index (χ0n) is 13.2. The number of piperidine rings is 1. The van der Waals surface area contributed by atoms with Crippen LogP contribution in [0.5, 0.6) is 0 Å². The highest BCUT2D eigenvalue weighted by atomic mass is 16.5. The molecule has 1 unspecified atom stereocenters. The fourth-order valence-corrected chi connectivity index (χ4v) is 2.58. The van der Waals surface area contributed by atoms with Gasteiger partial charge in [0, 0.05) is 25.5 Å². The van der Waals surface area contributed by atoms with Crippen molar-refractivity contribution in [1.29, 1.82) is 0 Å². The second-order valence-corrected chi connectivity index (χ2v) is 5.36. The van der Waals surface area contributed by atoms with Gasteiger partial charge in [0.2, 0.25) is 5.82 Å². The van der Waals surface area contributed by atoms with E-state index in [9.17, 15) is 9.59 Å². The highest BCUT2D eigenvalue weighted by Crippen LogP contribution is 2.20. The molecule has 2 aromatic heterocycles. The second-order valence-electron chi connectivity index (χ2n) is 5.36. The number of ether oxygens (including phenoxy) is 1. The summed E-state index contributed by atoms with van der Waals surface area (Å²) < 4.78 is 10.1. The van der Waals surface area contributed by atoms with Gasteiger partial charge in [-0.05, 0) is 19.8 Å². The number of rotatable bonds is 4. The van der Waals surface area contributed by atoms with E-state index in [4.69, 9.17) is 9.26 Å². The molecule has 2 aromatic rings. The molecule has 0 aliphatic carbocycles. The quantitative estimate of drug-likeness (QED) is 0.761. The lowest BCUT2D eigenvalue weighted by Crippen LogP contribution is -2.43. The summed E-state index contributed by atoms with van der Waals surface area (Å²) in [6.07, 6.45) is 5.94. The summed E-state index contributed by atoms with van der Waals surface area (Å²) in [6, 6.07) is 0. The summed E-state index contributed by atoms with van der Waals surface area (Å²) in [7, 11) is 0. The summed E-state index contributed by atoms with van der Waals surface area (Å²) in [5, 5.41) is 3.76. The highest BCUT2D eigenvalue weighted by molar-refractivity contribution is 5.90. The second kappa shape index (κ2) is 7.16. The predicted octanol–water partition coefficient (Wildman–Crippen LogP) is 0.942. The summed E-state index contributed by atoms with van der Waals surface area (Å²) in [5.74, 6) is -0.914. The maximum Gasteiger partial charge on any atom is 0.316 e. The Balaban J connectivity index is 1.70. The molecule has 0 radical (unpaired) electrons. The minimum atomic E-state index is -0.397. The lowest BCUT2D eigenvalue weighted by atomic mass is 9.98. The van der Waals surface area contributed by atoms with Crippen molar-refractivity contribution in [3.63, 3.8) is 0 Å². The Kier molecular flexibility index (Phi) is 4.78. The van der Waals surface area contributed by atoms with Gasteiger partial charge < -0.3 is 14.2 Å². The summed E-state index contributed by atoms with van der Waals surface area (Å²) in [6.45, 7) is 2.92. The Hall–Kier alpha value is -2.84. The Morgan fingerprint density at radius 3 is 3.04 bits per heavy atom. The van der Waals surface area contributed by atoms with Crippen LogP contribution in [0.2, 0.25) is 0 Å². The molecule has 0 bridgehead atoms. The molecular formula is C15H17N5O4. The lowest BCUT2D eigenvalue weighted by molar-refractivity contribution is -0.149. The first-order valence-electron chi connectivity index (χ1n) is 7.75. The summed E-state index contributed by atoms with van der Waals surface area (Å²) >= 11 is 0. The molecule has 9 heteroatoms. The van der Waals surface area contributed by atoms with Gasteiger partial charge in [0.25, 0.3) is 0 Å². The van der Waals surface area contributed by atoms with Gasteiger partial charge in [-0.15, -0.1) is 0 Å². The topological polar surface area (TPSA) is 111 Å². The van der Waals surface area contributed by atoms with Crippen molar-refractivity contribution in [2.75, 3.05) is 19.7 Å². The third-order valence-corrected chi connectivity index (χ3v) is 3.73. The molecule has 3 heterocycles. The molecule has 0 saturated carbocycles. The number of likely N-dealkylation sites (tertiary alicyclic amines) is 1. The van der Waals surface area contributed by atoms with E-state index in [2.05, 4.69) is 20.1 Å². The first kappa shape index (κ1) is 16.0. The van der Waals surface area contributed by atoms with Gasteiger partial charge in [0.15, 0.2) is 0 Å². The maximum absolute atomic E-state index is 12.5. The minimum Gasteiger partial charge on any atom is -0.466 e. The van der Waals surface area contributed by atoms with E-state index in [0.717, 1.165) is 6.42 Å². The standard InChI is InChI=1S/C15H17N5O4/c1-2-23-15(22)10-4-3-7-20(9-10)14(21)13-18-12(19-24-13)11-8-16-5-6-17-11/h5-6,8,10H,2-4,7,9H2,1H3. The monoisotopic (exact) mass is 331 g/mol. The smallest absolute Gasteiger partial charge is 0.316 e. The molecule has 1 saturated heterocycles. The fourth-order valence-electron chi connectivity index (χ4n) is 2.58. The molecule has 1 atom stereocenters. The molecule has 1 amide bonds. The average Bonchev–Trinajstić information content (AvgIpc) is 3.12. The van der Waals surface area contributed by atoms with Gasteiger partial charge in [-0.1, -0.05) is 5.16 Å². The predicted molar refractivity (Wildman–Crippen MR) is 80.6 cm³/mol. The number of carbonyl (C=O) groups is 2. The van der Waals surface area contributed by atoms with Crippen molar-refractivity contribution < 1.29 is 18.8 Å². The van der Waals surface area contributed by atoms with Crippen LogP contribution in [0.15, 0.2) is 23.1 Å². The highest BCUT2D eigenvalue weighted by Gasteiger charge is 2.32. The summed E-state index contributed by atoms with van der Waals surface area (Å²) in [4.78, 5) is 38.0. The molecule has 126 valence electrons. The Morgan fingerprint density at radius 2 is 2.29 bits per heavy atom. The van der Waals surface area contributed by atoms with Crippen LogP contribution in [0.1, 0.15) is 30.5 Å². The van der Waals surface area contributed by atoms with Gasteiger partial charge in [-0.2, -0.15) is 4.98 Å². The van der Waals surface area contributed by atoms with E-state index in [0.29, 0.717) is 31.8 Å². The molecule has 0 spiro atoms. The van der Waals surface area contributed by atoms with E-state index in [-0.39, 0.29) is 23.6 Å². The largest absolute Gasteiger partial charge is 0.466 e. The number of carbonyl (C=O) groups excluding carboxylic acids is 2. The van der Waals surface area contributed by atoms with Crippen LogP contribution >= 0.6 is 0 Å². The number of nitrogens with zero attached hydrogens (tertiary/aromatic N) is 5. The van der Waals surface area contributed by atoms with Crippen molar-refractivity contribution in [3.8, 4) is 11.5 Å². The van der Waals surface area contributed by atoms with Crippen LogP contribution < -0.4 is 0 Å². The summed E-state index contributed by atoms with van der Waals surface area (Å²) in [5.41, 5.74) is 0.420. The average molecular weight is 331 g/mol. The molecule has 0 aromatic carbocycles. The van der Waals surface area contributed by atoms with Crippen LogP contribution in [0, 0.1) is 5.92 Å². The van der Waals surface area contributed by atoms with Gasteiger partial charge in [0.05, 0.1) is 18.7 Å². The van der Waals surface area contributed by atoms with E-state index < -0.39 is 5.91 Å². The number of aromatic nitrogens is 4. The molecular weight excluding hydrogens is 314 g/mol. The number of amides is 1. The van der Waals surface area contributed by atoms with Crippen molar-refractivity contribution in [2.45, 2.75) is 19.8 Å². The van der Waals surface area contributed by atoms with Gasteiger partial charge >= 0.3 is 17.8 Å². The van der Waals surface area contributed by atoms with Crippen LogP contribution in [0.3, 0.4) is 0 Å². The third-order valence-electron chi connectivity index (χ3n) is 3.73. The zero-order chi connectivity index (χ0) is 16.9. The Labute approximate surface area is 138 Å². The number of hydrogen-bond acceptors (Lipinski definition) is 8. The van der Waals surface area contributed by atoms with E-state index in [1.165, 1.54) is 18.6 Å². The molecule has 0 N–H and O–H groups in total. The first-order chi connectivity index (χ1) is 11.7. The molecule has 1 fully saturated rings. The van der Waals surface area contributed by atoms with Crippen molar-refractivity contribution in [1.82, 2.24) is 25.0 Å². The lowest BCUT2D eigenvalue weighted by Gasteiger charge is -2.30. The van der Waals surface area contributed by atoms with Crippen LogP contribution in [0.25, 0.3) is 11.5 Å². The molecule has 1 aliphatic rings. The van der Waals surface area contributed by atoms with Crippen LogP contribution in [0.4, 0.5) is 0 Å². The van der Waals surface area contributed by atoms with Crippen molar-refractivity contribution in [3.05, 3.63) is 24.5 Å². The van der Waals surface area contributed by atoms with Crippen LogP contribution in [-0.2, 0) is 9.53 Å². The van der Waals surface area contributed by atoms with E-state index in [1.54, 1.807) is 11.8 Å². The third kappa shape index (κ3) is 3.39. The molecule has 3 rings (SSSR count). The van der Waals surface area contributed by atoms with Crippen molar-refractivity contribution in [2.24, 2.45) is 5.92 Å². The maximum atomic E-state index is 12.5. The first-order valence-corrected chi connectivity index (χ1v) is 7.75. The van der Waals surface area contributed by atoms with Gasteiger partial charge in [-0.25, -0.2) is 4.98 Å². The SMILES string of the molecule is CCOC(=O)C1CCCN(C(=O)c2nc(-c3cnccn3)no2)C1. The van der Waals surface area contributed by atoms with Gasteiger partial charge in [0.1, 0.15) is 5.69 Å². The number of esters is 1. The Bertz CT molecular complexity index is 718. The molecule has 1 aliphatic heterocycles.